The molecule has 3 aromatic rings. The van der Waals surface area contributed by atoms with Crippen molar-refractivity contribution in [3.8, 4) is 0 Å². The summed E-state index contributed by atoms with van der Waals surface area (Å²) in [6, 6.07) is 8.87. The topological polar surface area (TPSA) is 99.7 Å². The minimum absolute atomic E-state index is 0.000738. The lowest BCUT2D eigenvalue weighted by Gasteiger charge is -2.45. The molecule has 1 spiro atoms. The van der Waals surface area contributed by atoms with Crippen LogP contribution in [0.3, 0.4) is 0 Å². The molecule has 238 valence electrons. The monoisotopic (exact) mass is 664 g/mol. The van der Waals surface area contributed by atoms with E-state index in [2.05, 4.69) is 10.3 Å². The van der Waals surface area contributed by atoms with E-state index in [0.717, 1.165) is 37.1 Å². The second-order valence-electron chi connectivity index (χ2n) is 11.7. The number of benzene rings is 2. The number of hydrogen-bond acceptors (Lipinski definition) is 5. The summed E-state index contributed by atoms with van der Waals surface area (Å²) in [5.74, 6) is -1.47. The zero-order valence-electron chi connectivity index (χ0n) is 24.1. The number of alkyl halides is 3. The maximum absolute atomic E-state index is 14.3. The zero-order chi connectivity index (χ0) is 32.3. The lowest BCUT2D eigenvalue weighted by atomic mass is 9.68. The number of likely N-dealkylation sites (tertiary alicyclic amines) is 1. The van der Waals surface area contributed by atoms with Gasteiger partial charge in [-0.25, -0.2) is 12.8 Å². The van der Waals surface area contributed by atoms with E-state index >= 15 is 0 Å². The van der Waals surface area contributed by atoms with Crippen LogP contribution >= 0.6 is 11.6 Å². The third-order valence-electron chi connectivity index (χ3n) is 9.07. The smallest absolute Gasteiger partial charge is 0.346 e. The molecule has 3 heterocycles. The standard InChI is InChI=1S/C31H29ClF4N4O4S/c1-18(41)39-15-12-30(13-16-39)26-25(40(28(30)19-4-5-19)45(43,44)21-8-6-20(33)7-9-21)11-10-22(27(26)32)29(42)38-17-24-23(31(34,35)36)3-2-14-37-24/h2-3,6-11,14,19,28H,4-5,12-13,15-17H2,1H3,(H,38,42). The number of fused-ring (bicyclic) bond motifs is 2. The first kappa shape index (κ1) is 31.3. The van der Waals surface area contributed by atoms with Crippen molar-refractivity contribution in [1.29, 1.82) is 0 Å². The number of halogens is 5. The summed E-state index contributed by atoms with van der Waals surface area (Å²) in [6.07, 6.45) is -1.18. The number of nitrogens with zero attached hydrogens (tertiary/aromatic N) is 3. The zero-order valence-corrected chi connectivity index (χ0v) is 25.6. The van der Waals surface area contributed by atoms with Gasteiger partial charge < -0.3 is 10.2 Å². The molecule has 1 saturated carbocycles. The van der Waals surface area contributed by atoms with E-state index in [9.17, 15) is 35.6 Å². The first-order valence-corrected chi connectivity index (χ1v) is 16.3. The summed E-state index contributed by atoms with van der Waals surface area (Å²) in [6.45, 7) is 1.63. The van der Waals surface area contributed by atoms with Crippen LogP contribution in [0.1, 0.15) is 59.8 Å². The van der Waals surface area contributed by atoms with E-state index in [0.29, 0.717) is 31.5 Å². The van der Waals surface area contributed by atoms with E-state index in [4.69, 9.17) is 11.6 Å². The van der Waals surface area contributed by atoms with Gasteiger partial charge in [0.05, 0.1) is 45.0 Å². The Morgan fingerprint density at radius 2 is 1.73 bits per heavy atom. The van der Waals surface area contributed by atoms with E-state index in [-0.39, 0.29) is 38.7 Å². The molecule has 45 heavy (non-hydrogen) atoms. The van der Waals surface area contributed by atoms with Crippen molar-refractivity contribution in [1.82, 2.24) is 15.2 Å². The molecule has 14 heteroatoms. The molecule has 1 N–H and O–H groups in total. The maximum atomic E-state index is 14.3. The number of amides is 2. The number of rotatable bonds is 6. The van der Waals surface area contributed by atoms with Crippen molar-refractivity contribution in [2.45, 2.75) is 61.7 Å². The maximum Gasteiger partial charge on any atom is 0.418 e. The fourth-order valence-corrected chi connectivity index (χ4v) is 9.06. The predicted octanol–water partition coefficient (Wildman–Crippen LogP) is 5.69. The molecule has 1 atom stereocenters. The summed E-state index contributed by atoms with van der Waals surface area (Å²) in [5.41, 5.74) is -1.48. The minimum atomic E-state index is -4.67. The van der Waals surface area contributed by atoms with Crippen molar-refractivity contribution < 1.29 is 35.6 Å². The lowest BCUT2D eigenvalue weighted by Crippen LogP contribution is -2.54. The van der Waals surface area contributed by atoms with Gasteiger partial charge in [0.15, 0.2) is 0 Å². The summed E-state index contributed by atoms with van der Waals surface area (Å²) in [5, 5.41) is 2.49. The van der Waals surface area contributed by atoms with Crippen molar-refractivity contribution in [2.75, 3.05) is 17.4 Å². The number of pyridine rings is 1. The van der Waals surface area contributed by atoms with Crippen LogP contribution in [0, 0.1) is 11.7 Å². The molecule has 2 amide bonds. The van der Waals surface area contributed by atoms with E-state index in [1.165, 1.54) is 41.7 Å². The summed E-state index contributed by atoms with van der Waals surface area (Å²) in [7, 11) is -4.23. The average molecular weight is 665 g/mol. The quantitative estimate of drug-likeness (QED) is 0.342. The van der Waals surface area contributed by atoms with Gasteiger partial charge in [0, 0.05) is 37.2 Å². The molecule has 2 aliphatic heterocycles. The van der Waals surface area contributed by atoms with Gasteiger partial charge in [0.25, 0.3) is 15.9 Å². The van der Waals surface area contributed by atoms with Crippen molar-refractivity contribution in [3.05, 3.63) is 88.0 Å². The molecule has 2 fully saturated rings. The van der Waals surface area contributed by atoms with Crippen LogP contribution in [0.5, 0.6) is 0 Å². The van der Waals surface area contributed by atoms with Crippen LogP contribution in [0.25, 0.3) is 0 Å². The molecule has 6 rings (SSSR count). The van der Waals surface area contributed by atoms with Crippen LogP contribution in [0.4, 0.5) is 23.2 Å². The number of carbonyl (C=O) groups excluding carboxylic acids is 2. The van der Waals surface area contributed by atoms with Crippen LogP contribution < -0.4 is 9.62 Å². The Kier molecular flexibility index (Phi) is 7.83. The van der Waals surface area contributed by atoms with E-state index in [1.54, 1.807) is 4.90 Å². The van der Waals surface area contributed by atoms with Crippen LogP contribution in [0.15, 0.2) is 59.6 Å². The highest BCUT2D eigenvalue weighted by molar-refractivity contribution is 7.93. The van der Waals surface area contributed by atoms with Gasteiger partial charge in [0.1, 0.15) is 5.82 Å². The number of anilines is 1. The fourth-order valence-electron chi connectivity index (χ4n) is 6.84. The first-order chi connectivity index (χ1) is 21.3. The van der Waals surface area contributed by atoms with Gasteiger partial charge >= 0.3 is 6.18 Å². The number of piperidine rings is 1. The minimum Gasteiger partial charge on any atom is -0.346 e. The molecule has 1 aromatic heterocycles. The lowest BCUT2D eigenvalue weighted by molar-refractivity contribution is -0.138. The number of carbonyl (C=O) groups is 2. The third kappa shape index (κ3) is 5.43. The molecule has 8 nitrogen and oxygen atoms in total. The van der Waals surface area contributed by atoms with E-state index < -0.39 is 51.5 Å². The van der Waals surface area contributed by atoms with Crippen molar-refractivity contribution in [2.24, 2.45) is 5.92 Å². The highest BCUT2D eigenvalue weighted by Crippen LogP contribution is 2.61. The highest BCUT2D eigenvalue weighted by Gasteiger charge is 2.61. The van der Waals surface area contributed by atoms with Gasteiger partial charge in [-0.05, 0) is 80.1 Å². The Hall–Kier alpha value is -3.71. The Labute approximate surface area is 262 Å². The van der Waals surface area contributed by atoms with Crippen molar-refractivity contribution in [3.63, 3.8) is 0 Å². The van der Waals surface area contributed by atoms with E-state index in [1.807, 2.05) is 0 Å². The molecule has 0 radical (unpaired) electrons. The molecule has 1 aliphatic carbocycles. The predicted molar refractivity (Wildman–Crippen MR) is 158 cm³/mol. The number of aromatic nitrogens is 1. The highest BCUT2D eigenvalue weighted by atomic mass is 35.5. The number of hydrogen-bond donors (Lipinski definition) is 1. The molecule has 2 aromatic carbocycles. The molecule has 0 bridgehead atoms. The molecule has 3 aliphatic rings. The third-order valence-corrected chi connectivity index (χ3v) is 11.3. The average Bonchev–Trinajstić information content (AvgIpc) is 3.79. The second-order valence-corrected chi connectivity index (χ2v) is 13.9. The molecular weight excluding hydrogens is 636 g/mol. The van der Waals surface area contributed by atoms with Gasteiger partial charge in [-0.15, -0.1) is 0 Å². The van der Waals surface area contributed by atoms with Gasteiger partial charge in [-0.1, -0.05) is 11.6 Å². The largest absolute Gasteiger partial charge is 0.418 e. The SMILES string of the molecule is CC(=O)N1CCC2(CC1)c1c(ccc(C(=O)NCc3ncccc3C(F)(F)F)c1Cl)N(S(=O)(=O)c1ccc(F)cc1)C2C1CC1. The van der Waals surface area contributed by atoms with Crippen molar-refractivity contribution >= 4 is 39.1 Å². The fraction of sp³-hybridized carbons (Fsp3) is 0.387. The summed E-state index contributed by atoms with van der Waals surface area (Å²) >= 11 is 7.02. The number of nitrogens with one attached hydrogen (secondary N) is 1. The Balaban J connectivity index is 1.44. The normalized spacial score (nSPS) is 19.5. The van der Waals surface area contributed by atoms with Crippen LogP contribution in [-0.4, -0.2) is 49.2 Å². The summed E-state index contributed by atoms with van der Waals surface area (Å²) < 4.78 is 84.2. The summed E-state index contributed by atoms with van der Waals surface area (Å²) in [4.78, 5) is 31.0. The molecular formula is C31H29ClF4N4O4S. The Morgan fingerprint density at radius 1 is 1.07 bits per heavy atom. The molecule has 1 unspecified atom stereocenters. The second kappa shape index (κ2) is 11.3. The first-order valence-electron chi connectivity index (χ1n) is 14.4. The molecule has 1 saturated heterocycles. The van der Waals surface area contributed by atoms with Crippen LogP contribution in [-0.2, 0) is 33.0 Å². The van der Waals surface area contributed by atoms with Gasteiger partial charge in [0.2, 0.25) is 5.91 Å². The van der Waals surface area contributed by atoms with Gasteiger partial charge in [-0.2, -0.15) is 13.2 Å². The number of sulfonamides is 1. The Bertz CT molecular complexity index is 1770. The Morgan fingerprint density at radius 3 is 2.33 bits per heavy atom. The van der Waals surface area contributed by atoms with Gasteiger partial charge in [-0.3, -0.25) is 18.9 Å². The van der Waals surface area contributed by atoms with Crippen LogP contribution in [0.2, 0.25) is 5.02 Å².